The molecular formula is C15H12N8. The minimum Gasteiger partial charge on any atom is -0.265 e. The van der Waals surface area contributed by atoms with E-state index in [2.05, 4.69) is 40.3 Å². The van der Waals surface area contributed by atoms with E-state index < -0.39 is 0 Å². The van der Waals surface area contributed by atoms with Crippen LogP contribution in [0.25, 0.3) is 22.8 Å². The monoisotopic (exact) mass is 304 g/mol. The zero-order chi connectivity index (χ0) is 15.5. The van der Waals surface area contributed by atoms with Crippen molar-refractivity contribution in [3.8, 4) is 22.8 Å². The van der Waals surface area contributed by atoms with E-state index >= 15 is 0 Å². The molecule has 0 spiro atoms. The molecule has 0 aliphatic heterocycles. The zero-order valence-electron chi connectivity index (χ0n) is 12.0. The van der Waals surface area contributed by atoms with Crippen molar-refractivity contribution in [3.05, 3.63) is 60.7 Å². The highest BCUT2D eigenvalue weighted by Gasteiger charge is 2.10. The molecule has 0 saturated heterocycles. The Bertz CT molecular complexity index is 822. The van der Waals surface area contributed by atoms with E-state index in [1.54, 1.807) is 24.8 Å². The molecule has 0 amide bonds. The second-order valence-electron chi connectivity index (χ2n) is 4.86. The molecule has 4 heterocycles. The normalized spacial score (nSPS) is 10.8. The van der Waals surface area contributed by atoms with Crippen molar-refractivity contribution >= 4 is 0 Å². The summed E-state index contributed by atoms with van der Waals surface area (Å²) in [4.78, 5) is 16.9. The maximum absolute atomic E-state index is 4.47. The molecule has 0 radical (unpaired) electrons. The first-order chi connectivity index (χ1) is 11.4. The minimum absolute atomic E-state index is 0.496. The van der Waals surface area contributed by atoms with Crippen LogP contribution in [0.2, 0.25) is 0 Å². The molecule has 23 heavy (non-hydrogen) atoms. The van der Waals surface area contributed by atoms with E-state index in [0.29, 0.717) is 29.7 Å². The lowest BCUT2D eigenvalue weighted by atomic mass is 10.2. The number of H-pyrrole nitrogens is 2. The van der Waals surface area contributed by atoms with Crippen LogP contribution in [-0.2, 0) is 6.42 Å². The molecule has 0 saturated carbocycles. The Morgan fingerprint density at radius 2 is 1.09 bits per heavy atom. The van der Waals surface area contributed by atoms with Crippen LogP contribution in [0.15, 0.2) is 49.1 Å². The number of hydrogen-bond acceptors (Lipinski definition) is 6. The van der Waals surface area contributed by atoms with E-state index in [1.807, 2.05) is 24.3 Å². The molecule has 0 aromatic carbocycles. The summed E-state index contributed by atoms with van der Waals surface area (Å²) in [6.45, 7) is 0. The lowest BCUT2D eigenvalue weighted by Gasteiger charge is -1.92. The summed E-state index contributed by atoms with van der Waals surface area (Å²) in [5.74, 6) is 2.70. The fourth-order valence-corrected chi connectivity index (χ4v) is 2.17. The Kier molecular flexibility index (Phi) is 3.32. The third kappa shape index (κ3) is 2.82. The van der Waals surface area contributed by atoms with Crippen molar-refractivity contribution < 1.29 is 0 Å². The fraction of sp³-hybridized carbons (Fsp3) is 0.0667. The number of rotatable bonds is 4. The van der Waals surface area contributed by atoms with E-state index in [1.165, 1.54) is 0 Å². The maximum atomic E-state index is 4.47. The fourth-order valence-electron chi connectivity index (χ4n) is 2.17. The van der Waals surface area contributed by atoms with Gasteiger partial charge in [-0.05, 0) is 24.3 Å². The van der Waals surface area contributed by atoms with Crippen LogP contribution in [0.3, 0.4) is 0 Å². The first-order valence-electron chi connectivity index (χ1n) is 7.02. The summed E-state index contributed by atoms with van der Waals surface area (Å²) >= 11 is 0. The smallest absolute Gasteiger partial charge is 0.181 e. The molecule has 0 bridgehead atoms. The third-order valence-electron chi connectivity index (χ3n) is 3.28. The average molecular weight is 304 g/mol. The average Bonchev–Trinajstić information content (AvgIpc) is 3.27. The van der Waals surface area contributed by atoms with Gasteiger partial charge in [-0.3, -0.25) is 20.2 Å². The summed E-state index contributed by atoms with van der Waals surface area (Å²) in [7, 11) is 0. The van der Waals surface area contributed by atoms with Gasteiger partial charge in [0.2, 0.25) is 0 Å². The predicted molar refractivity (Wildman–Crippen MR) is 82.0 cm³/mol. The van der Waals surface area contributed by atoms with E-state index in [0.717, 1.165) is 11.1 Å². The second-order valence-corrected chi connectivity index (χ2v) is 4.86. The number of aromatic amines is 2. The van der Waals surface area contributed by atoms with E-state index in [9.17, 15) is 0 Å². The van der Waals surface area contributed by atoms with Gasteiger partial charge in [0.25, 0.3) is 0 Å². The summed E-state index contributed by atoms with van der Waals surface area (Å²) in [5, 5.41) is 14.3. The van der Waals surface area contributed by atoms with Crippen LogP contribution >= 0.6 is 0 Å². The Morgan fingerprint density at radius 3 is 1.52 bits per heavy atom. The van der Waals surface area contributed by atoms with Crippen molar-refractivity contribution in [1.82, 2.24) is 40.3 Å². The molecule has 2 N–H and O–H groups in total. The van der Waals surface area contributed by atoms with Crippen LogP contribution in [0.5, 0.6) is 0 Å². The molecule has 4 aromatic heterocycles. The molecular weight excluding hydrogens is 292 g/mol. The summed E-state index contributed by atoms with van der Waals surface area (Å²) in [5.41, 5.74) is 1.83. The highest BCUT2D eigenvalue weighted by Crippen LogP contribution is 2.15. The van der Waals surface area contributed by atoms with Gasteiger partial charge in [0.1, 0.15) is 11.6 Å². The van der Waals surface area contributed by atoms with Crippen LogP contribution < -0.4 is 0 Å². The van der Waals surface area contributed by atoms with Gasteiger partial charge in [-0.2, -0.15) is 10.2 Å². The largest absolute Gasteiger partial charge is 0.265 e. The van der Waals surface area contributed by atoms with Crippen molar-refractivity contribution in [1.29, 1.82) is 0 Å². The van der Waals surface area contributed by atoms with Gasteiger partial charge in [-0.1, -0.05) is 0 Å². The van der Waals surface area contributed by atoms with Crippen LogP contribution in [0, 0.1) is 0 Å². The van der Waals surface area contributed by atoms with Gasteiger partial charge >= 0.3 is 0 Å². The van der Waals surface area contributed by atoms with Gasteiger partial charge in [0.05, 0.1) is 6.42 Å². The summed E-state index contributed by atoms with van der Waals surface area (Å²) < 4.78 is 0. The minimum atomic E-state index is 0.496. The summed E-state index contributed by atoms with van der Waals surface area (Å²) in [6.07, 6.45) is 7.34. The van der Waals surface area contributed by atoms with Gasteiger partial charge in [0.15, 0.2) is 11.6 Å². The molecule has 8 nitrogen and oxygen atoms in total. The molecule has 8 heteroatoms. The quantitative estimate of drug-likeness (QED) is 0.593. The molecule has 0 aliphatic rings. The van der Waals surface area contributed by atoms with Crippen LogP contribution in [0.1, 0.15) is 11.6 Å². The molecule has 0 aliphatic carbocycles. The maximum Gasteiger partial charge on any atom is 0.181 e. The van der Waals surface area contributed by atoms with Crippen molar-refractivity contribution in [2.45, 2.75) is 6.42 Å². The van der Waals surface area contributed by atoms with Crippen molar-refractivity contribution in [2.75, 3.05) is 0 Å². The molecule has 0 atom stereocenters. The highest BCUT2D eigenvalue weighted by molar-refractivity contribution is 5.54. The van der Waals surface area contributed by atoms with Crippen LogP contribution in [0.4, 0.5) is 0 Å². The SMILES string of the molecule is c1cc(-c2n[nH]c(Cc3nc(-c4ccncc4)n[nH]3)n2)ccn1. The first-order valence-corrected chi connectivity index (χ1v) is 7.02. The Hall–Kier alpha value is -3.42. The zero-order valence-corrected chi connectivity index (χ0v) is 12.0. The number of aromatic nitrogens is 8. The number of nitrogens with one attached hydrogen (secondary N) is 2. The Balaban J connectivity index is 1.53. The Morgan fingerprint density at radius 1 is 0.652 bits per heavy atom. The van der Waals surface area contributed by atoms with Gasteiger partial charge in [-0.15, -0.1) is 0 Å². The number of hydrogen-bond donors (Lipinski definition) is 2. The lowest BCUT2D eigenvalue weighted by Crippen LogP contribution is -1.93. The topological polar surface area (TPSA) is 109 Å². The summed E-state index contributed by atoms with van der Waals surface area (Å²) in [6, 6.07) is 7.46. The van der Waals surface area contributed by atoms with E-state index in [-0.39, 0.29) is 0 Å². The number of pyridine rings is 2. The second kappa shape index (κ2) is 5.76. The van der Waals surface area contributed by atoms with Gasteiger partial charge < -0.3 is 0 Å². The Labute approximate surface area is 131 Å². The molecule has 0 unspecified atom stereocenters. The van der Waals surface area contributed by atoms with E-state index in [4.69, 9.17) is 0 Å². The predicted octanol–water partition coefficient (Wildman–Crippen LogP) is 1.64. The molecule has 112 valence electrons. The molecule has 4 aromatic rings. The van der Waals surface area contributed by atoms with Crippen LogP contribution in [-0.4, -0.2) is 40.3 Å². The van der Waals surface area contributed by atoms with Gasteiger partial charge in [0, 0.05) is 35.9 Å². The highest BCUT2D eigenvalue weighted by atomic mass is 15.2. The standard InChI is InChI=1S/C15H12N8/c1-5-16-6-2-10(1)14-18-12(20-22-14)9-13-19-15(23-21-13)11-3-7-17-8-4-11/h1-8H,9H2,(H,18,20,22)(H,19,21,23). The third-order valence-corrected chi connectivity index (χ3v) is 3.28. The number of nitrogens with zero attached hydrogens (tertiary/aromatic N) is 6. The lowest BCUT2D eigenvalue weighted by molar-refractivity contribution is 0.899. The first kappa shape index (κ1) is 13.3. The van der Waals surface area contributed by atoms with Crippen molar-refractivity contribution in [3.63, 3.8) is 0 Å². The van der Waals surface area contributed by atoms with Gasteiger partial charge in [-0.25, -0.2) is 9.97 Å². The van der Waals surface area contributed by atoms with Crippen molar-refractivity contribution in [2.24, 2.45) is 0 Å². The molecule has 0 fully saturated rings. The molecule has 4 rings (SSSR count).